The zero-order valence-corrected chi connectivity index (χ0v) is 11.5. The van der Waals surface area contributed by atoms with E-state index in [-0.39, 0.29) is 12.0 Å². The monoisotopic (exact) mass is 306 g/mol. The van der Waals surface area contributed by atoms with Crippen molar-refractivity contribution in [1.29, 1.82) is 0 Å². The van der Waals surface area contributed by atoms with Crippen molar-refractivity contribution < 1.29 is 13.2 Å². The number of hydrogen-bond acceptors (Lipinski definition) is 3. The maximum absolute atomic E-state index is 13.1. The molecule has 7 heteroatoms. The van der Waals surface area contributed by atoms with Crippen LogP contribution in [-0.4, -0.2) is 14.6 Å². The minimum absolute atomic E-state index is 0.0465. The van der Waals surface area contributed by atoms with Gasteiger partial charge in [0.05, 0.1) is 5.56 Å². The molecule has 0 unspecified atom stereocenters. The van der Waals surface area contributed by atoms with Gasteiger partial charge in [-0.3, -0.25) is 4.40 Å². The lowest BCUT2D eigenvalue weighted by Crippen LogP contribution is -2.10. The van der Waals surface area contributed by atoms with Crippen molar-refractivity contribution in [3.63, 3.8) is 0 Å². The summed E-state index contributed by atoms with van der Waals surface area (Å²) in [5.41, 5.74) is 6.55. The van der Waals surface area contributed by atoms with Gasteiger partial charge < -0.3 is 5.73 Å². The van der Waals surface area contributed by atoms with Crippen LogP contribution in [0, 0.1) is 0 Å². The van der Waals surface area contributed by atoms with Crippen molar-refractivity contribution in [3.8, 4) is 0 Å². The average molecular weight is 306 g/mol. The zero-order chi connectivity index (χ0) is 15.7. The fourth-order valence-electron chi connectivity index (χ4n) is 2.34. The summed E-state index contributed by atoms with van der Waals surface area (Å²) in [6.45, 7) is 0.340. The van der Waals surface area contributed by atoms with E-state index in [2.05, 4.69) is 10.2 Å². The van der Waals surface area contributed by atoms with Gasteiger partial charge in [-0.25, -0.2) is 0 Å². The van der Waals surface area contributed by atoms with Crippen LogP contribution in [0.2, 0.25) is 0 Å². The second-order valence-electron chi connectivity index (χ2n) is 4.92. The Labute approximate surface area is 124 Å². The minimum atomic E-state index is -4.39. The lowest BCUT2D eigenvalue weighted by molar-refractivity contribution is -0.138. The van der Waals surface area contributed by atoms with Crippen LogP contribution in [0.15, 0.2) is 42.6 Å². The van der Waals surface area contributed by atoms with Crippen molar-refractivity contribution in [2.45, 2.75) is 19.1 Å². The molecule has 22 heavy (non-hydrogen) atoms. The van der Waals surface area contributed by atoms with Crippen LogP contribution in [0.5, 0.6) is 0 Å². The van der Waals surface area contributed by atoms with Gasteiger partial charge in [-0.2, -0.15) is 13.2 Å². The van der Waals surface area contributed by atoms with E-state index in [9.17, 15) is 13.2 Å². The van der Waals surface area contributed by atoms with Crippen molar-refractivity contribution in [2.24, 2.45) is 5.73 Å². The number of halogens is 3. The smallest absolute Gasteiger partial charge is 0.326 e. The van der Waals surface area contributed by atoms with Gasteiger partial charge in [-0.15, -0.1) is 10.2 Å². The molecule has 3 rings (SSSR count). The molecule has 0 atom stereocenters. The number of aromatic nitrogens is 3. The highest BCUT2D eigenvalue weighted by molar-refractivity contribution is 5.41. The Morgan fingerprint density at radius 3 is 2.55 bits per heavy atom. The highest BCUT2D eigenvalue weighted by Crippen LogP contribution is 2.32. The largest absolute Gasteiger partial charge is 0.416 e. The Morgan fingerprint density at radius 1 is 1.05 bits per heavy atom. The van der Waals surface area contributed by atoms with Crippen LogP contribution in [0.3, 0.4) is 0 Å². The molecular formula is C15H13F3N4. The van der Waals surface area contributed by atoms with Crippen molar-refractivity contribution in [2.75, 3.05) is 0 Å². The SMILES string of the molecule is NCc1ccc2nnc(Cc3ccccc3C(F)(F)F)n2c1. The van der Waals surface area contributed by atoms with E-state index < -0.39 is 11.7 Å². The van der Waals surface area contributed by atoms with E-state index in [1.54, 1.807) is 22.7 Å². The Morgan fingerprint density at radius 2 is 1.82 bits per heavy atom. The highest BCUT2D eigenvalue weighted by Gasteiger charge is 2.33. The van der Waals surface area contributed by atoms with Crippen LogP contribution in [0.1, 0.15) is 22.5 Å². The van der Waals surface area contributed by atoms with Crippen LogP contribution < -0.4 is 5.73 Å². The number of alkyl halides is 3. The maximum Gasteiger partial charge on any atom is 0.416 e. The fourth-order valence-corrected chi connectivity index (χ4v) is 2.34. The molecule has 0 radical (unpaired) electrons. The summed E-state index contributed by atoms with van der Waals surface area (Å²) in [6.07, 6.45) is -2.59. The summed E-state index contributed by atoms with van der Waals surface area (Å²) in [4.78, 5) is 0. The van der Waals surface area contributed by atoms with Gasteiger partial charge in [0.1, 0.15) is 5.82 Å². The number of rotatable bonds is 3. The first-order valence-electron chi connectivity index (χ1n) is 6.67. The summed E-state index contributed by atoms with van der Waals surface area (Å²) >= 11 is 0. The third-order valence-electron chi connectivity index (χ3n) is 3.44. The van der Waals surface area contributed by atoms with Gasteiger partial charge in [0.25, 0.3) is 0 Å². The van der Waals surface area contributed by atoms with E-state index in [1.807, 2.05) is 6.07 Å². The molecule has 2 heterocycles. The molecular weight excluding hydrogens is 293 g/mol. The Balaban J connectivity index is 2.04. The maximum atomic E-state index is 13.1. The molecule has 0 aliphatic rings. The Bertz CT molecular complexity index is 808. The lowest BCUT2D eigenvalue weighted by atomic mass is 10.0. The molecule has 0 amide bonds. The second kappa shape index (κ2) is 5.42. The van der Waals surface area contributed by atoms with Gasteiger partial charge in [0.2, 0.25) is 0 Å². The van der Waals surface area contributed by atoms with Crippen LogP contribution >= 0.6 is 0 Å². The molecule has 0 saturated heterocycles. The van der Waals surface area contributed by atoms with E-state index in [1.165, 1.54) is 12.1 Å². The van der Waals surface area contributed by atoms with Gasteiger partial charge >= 0.3 is 6.18 Å². The summed E-state index contributed by atoms with van der Waals surface area (Å²) < 4.78 is 40.8. The van der Waals surface area contributed by atoms with Crippen LogP contribution in [0.4, 0.5) is 13.2 Å². The topological polar surface area (TPSA) is 56.2 Å². The zero-order valence-electron chi connectivity index (χ0n) is 11.5. The van der Waals surface area contributed by atoms with Crippen LogP contribution in [0.25, 0.3) is 5.65 Å². The number of pyridine rings is 1. The summed E-state index contributed by atoms with van der Waals surface area (Å²) in [7, 11) is 0. The normalized spacial score (nSPS) is 12.0. The second-order valence-corrected chi connectivity index (χ2v) is 4.92. The first-order chi connectivity index (χ1) is 10.5. The number of fused-ring (bicyclic) bond motifs is 1. The Kier molecular flexibility index (Phi) is 3.58. The summed E-state index contributed by atoms with van der Waals surface area (Å²) in [5.74, 6) is 0.446. The first kappa shape index (κ1) is 14.5. The van der Waals surface area contributed by atoms with Gasteiger partial charge in [0, 0.05) is 19.2 Å². The van der Waals surface area contributed by atoms with Crippen molar-refractivity contribution in [3.05, 3.63) is 65.1 Å². The lowest BCUT2D eigenvalue weighted by Gasteiger charge is -2.12. The van der Waals surface area contributed by atoms with Gasteiger partial charge in [0.15, 0.2) is 5.65 Å². The number of hydrogen-bond donors (Lipinski definition) is 1. The predicted octanol–water partition coefficient (Wildman–Crippen LogP) is 2.80. The summed E-state index contributed by atoms with van der Waals surface area (Å²) in [5, 5.41) is 7.97. The number of nitrogens with zero attached hydrogens (tertiary/aromatic N) is 3. The van der Waals surface area contributed by atoms with Gasteiger partial charge in [-0.1, -0.05) is 24.3 Å². The van der Waals surface area contributed by atoms with E-state index in [0.29, 0.717) is 18.0 Å². The molecule has 0 aliphatic carbocycles. The molecule has 2 N–H and O–H groups in total. The average Bonchev–Trinajstić information content (AvgIpc) is 2.89. The molecule has 4 nitrogen and oxygen atoms in total. The van der Waals surface area contributed by atoms with Crippen molar-refractivity contribution >= 4 is 5.65 Å². The van der Waals surface area contributed by atoms with E-state index in [4.69, 9.17) is 5.73 Å². The minimum Gasteiger partial charge on any atom is -0.326 e. The molecule has 0 fully saturated rings. The summed E-state index contributed by atoms with van der Waals surface area (Å²) in [6, 6.07) is 9.05. The number of nitrogens with two attached hydrogens (primary N) is 1. The number of benzene rings is 1. The quantitative estimate of drug-likeness (QED) is 0.809. The molecule has 114 valence electrons. The Hall–Kier alpha value is -2.41. The van der Waals surface area contributed by atoms with Crippen molar-refractivity contribution in [1.82, 2.24) is 14.6 Å². The van der Waals surface area contributed by atoms with Crippen LogP contribution in [-0.2, 0) is 19.1 Å². The molecule has 0 spiro atoms. The fraction of sp³-hybridized carbons (Fsp3) is 0.200. The van der Waals surface area contributed by atoms with E-state index >= 15 is 0 Å². The molecule has 1 aromatic carbocycles. The van der Waals surface area contributed by atoms with E-state index in [0.717, 1.165) is 11.6 Å². The predicted molar refractivity (Wildman–Crippen MR) is 75.1 cm³/mol. The third-order valence-corrected chi connectivity index (χ3v) is 3.44. The third kappa shape index (κ3) is 2.67. The first-order valence-corrected chi connectivity index (χ1v) is 6.67. The molecule has 0 bridgehead atoms. The molecule has 0 saturated carbocycles. The standard InChI is InChI=1S/C15H13F3N4/c16-15(17,18)12-4-2-1-3-11(12)7-14-21-20-13-6-5-10(8-19)9-22(13)14/h1-6,9H,7-8,19H2. The molecule has 2 aromatic heterocycles. The van der Waals surface area contributed by atoms with Gasteiger partial charge in [-0.05, 0) is 23.3 Å². The highest BCUT2D eigenvalue weighted by atomic mass is 19.4. The molecule has 0 aliphatic heterocycles. The molecule has 3 aromatic rings.